The molecule has 0 amide bonds. The number of carbonyl (C=O) groups excluding carboxylic acids is 2. The largest absolute Gasteiger partial charge is 0.465 e. The number of carbonyl (C=O) groups is 2. The van der Waals surface area contributed by atoms with E-state index in [-0.39, 0.29) is 17.2 Å². The number of benzene rings is 1. The van der Waals surface area contributed by atoms with E-state index < -0.39 is 17.9 Å². The van der Waals surface area contributed by atoms with Crippen molar-refractivity contribution in [1.82, 2.24) is 4.98 Å². The molecule has 1 unspecified atom stereocenters. The zero-order chi connectivity index (χ0) is 16.8. The summed E-state index contributed by atoms with van der Waals surface area (Å²) < 4.78 is 9.61. The minimum atomic E-state index is -1.27. The minimum Gasteiger partial charge on any atom is -0.465 e. The molecule has 6 nitrogen and oxygen atoms in total. The van der Waals surface area contributed by atoms with E-state index in [0.29, 0.717) is 5.01 Å². The summed E-state index contributed by atoms with van der Waals surface area (Å²) in [7, 11) is 1.24. The minimum absolute atomic E-state index is 0.0710. The van der Waals surface area contributed by atoms with Crippen LogP contribution in [0.3, 0.4) is 0 Å². The number of hydrogen-bond acceptors (Lipinski definition) is 7. The Bertz CT molecular complexity index is 749. The lowest BCUT2D eigenvalue weighted by Gasteiger charge is -2.07. The maximum atomic E-state index is 12.0. The summed E-state index contributed by atoms with van der Waals surface area (Å²) >= 11 is 1.08. The molecular weight excluding hydrogens is 316 g/mol. The molecule has 0 saturated carbocycles. The second kappa shape index (κ2) is 7.51. The third-order valence-corrected chi connectivity index (χ3v) is 4.07. The summed E-state index contributed by atoms with van der Waals surface area (Å²) in [6.45, 7) is 1.78. The van der Waals surface area contributed by atoms with Crippen LogP contribution < -0.4 is 0 Å². The summed E-state index contributed by atoms with van der Waals surface area (Å²) in [6.07, 6.45) is 0. The molecule has 0 N–H and O–H groups in total. The number of nitriles is 1. The molecule has 0 aliphatic carbocycles. The lowest BCUT2D eigenvalue weighted by Crippen LogP contribution is -2.17. The van der Waals surface area contributed by atoms with Gasteiger partial charge in [-0.3, -0.25) is 4.79 Å². The van der Waals surface area contributed by atoms with Crippen LogP contribution in [0.2, 0.25) is 0 Å². The maximum Gasteiger partial charge on any atom is 0.350 e. The number of thiazole rings is 1. The molecule has 1 atom stereocenters. The molecule has 2 aromatic rings. The number of rotatable bonds is 5. The average molecular weight is 330 g/mol. The normalized spacial score (nSPS) is 11.3. The molecule has 1 aromatic carbocycles. The molecule has 0 saturated heterocycles. The van der Waals surface area contributed by atoms with Gasteiger partial charge in [0.05, 0.1) is 25.5 Å². The maximum absolute atomic E-state index is 12.0. The molecule has 23 heavy (non-hydrogen) atoms. The number of ether oxygens (including phenoxy) is 2. The van der Waals surface area contributed by atoms with E-state index >= 15 is 0 Å². The summed E-state index contributed by atoms with van der Waals surface area (Å²) in [5.41, 5.74) is 0.858. The van der Waals surface area contributed by atoms with E-state index in [1.54, 1.807) is 6.92 Å². The van der Waals surface area contributed by atoms with E-state index in [1.807, 2.05) is 36.4 Å². The molecule has 1 aromatic heterocycles. The Balaban J connectivity index is 2.53. The first-order valence-electron chi connectivity index (χ1n) is 6.83. The molecule has 7 heteroatoms. The lowest BCUT2D eigenvalue weighted by atomic mass is 10.1. The highest BCUT2D eigenvalue weighted by molar-refractivity contribution is 7.17. The third-order valence-electron chi connectivity index (χ3n) is 2.97. The summed E-state index contributed by atoms with van der Waals surface area (Å²) in [5.74, 6) is -2.63. The van der Waals surface area contributed by atoms with Gasteiger partial charge in [0.1, 0.15) is 9.88 Å². The molecule has 118 valence electrons. The highest BCUT2D eigenvalue weighted by Crippen LogP contribution is 2.32. The topological polar surface area (TPSA) is 89.3 Å². The van der Waals surface area contributed by atoms with Crippen LogP contribution in [-0.4, -0.2) is 30.6 Å². The van der Waals surface area contributed by atoms with Crippen molar-refractivity contribution in [3.8, 4) is 16.6 Å². The van der Waals surface area contributed by atoms with Crippen LogP contribution in [0, 0.1) is 11.3 Å². The molecule has 0 fully saturated rings. The molecule has 1 heterocycles. The Hall–Kier alpha value is -2.72. The predicted octanol–water partition coefficient (Wildman–Crippen LogP) is 2.77. The van der Waals surface area contributed by atoms with E-state index in [9.17, 15) is 14.9 Å². The third kappa shape index (κ3) is 3.55. The molecule has 0 bridgehead atoms. The van der Waals surface area contributed by atoms with Gasteiger partial charge in [0.15, 0.2) is 5.92 Å². The first kappa shape index (κ1) is 16.6. The Morgan fingerprint density at radius 3 is 2.61 bits per heavy atom. The Morgan fingerprint density at radius 2 is 2.04 bits per heavy atom. The van der Waals surface area contributed by atoms with Gasteiger partial charge in [-0.1, -0.05) is 30.3 Å². The van der Waals surface area contributed by atoms with E-state index in [4.69, 9.17) is 9.47 Å². The molecular formula is C16H14N2O4S. The van der Waals surface area contributed by atoms with Crippen LogP contribution in [0.1, 0.15) is 28.2 Å². The highest BCUT2D eigenvalue weighted by Gasteiger charge is 2.31. The quantitative estimate of drug-likeness (QED) is 0.783. The van der Waals surface area contributed by atoms with Crippen molar-refractivity contribution in [2.24, 2.45) is 0 Å². The fraction of sp³-hybridized carbons (Fsp3) is 0.250. The number of hydrogen-bond donors (Lipinski definition) is 0. The van der Waals surface area contributed by atoms with Gasteiger partial charge in [-0.25, -0.2) is 9.78 Å². The second-order valence-electron chi connectivity index (χ2n) is 4.41. The number of methoxy groups -OCH3 is 1. The van der Waals surface area contributed by atoms with Crippen molar-refractivity contribution in [2.45, 2.75) is 12.8 Å². The highest BCUT2D eigenvalue weighted by atomic mass is 32.1. The van der Waals surface area contributed by atoms with Crippen molar-refractivity contribution < 1.29 is 19.1 Å². The van der Waals surface area contributed by atoms with Crippen LogP contribution in [0.15, 0.2) is 30.3 Å². The number of aromatic nitrogens is 1. The van der Waals surface area contributed by atoms with Gasteiger partial charge in [0, 0.05) is 5.56 Å². The van der Waals surface area contributed by atoms with Crippen molar-refractivity contribution in [3.05, 3.63) is 40.9 Å². The number of esters is 2. The average Bonchev–Trinajstić information content (AvgIpc) is 3.01. The van der Waals surface area contributed by atoms with Gasteiger partial charge >= 0.3 is 11.9 Å². The van der Waals surface area contributed by atoms with Gasteiger partial charge in [-0.15, -0.1) is 11.3 Å². The van der Waals surface area contributed by atoms with Crippen molar-refractivity contribution in [1.29, 1.82) is 5.26 Å². The van der Waals surface area contributed by atoms with E-state index in [1.165, 1.54) is 7.11 Å². The molecule has 0 radical (unpaired) electrons. The van der Waals surface area contributed by atoms with Crippen LogP contribution in [0.25, 0.3) is 10.6 Å². The fourth-order valence-corrected chi connectivity index (χ4v) is 2.95. The second-order valence-corrected chi connectivity index (χ2v) is 5.40. The lowest BCUT2D eigenvalue weighted by molar-refractivity contribution is -0.143. The molecule has 0 aliphatic heterocycles. The smallest absolute Gasteiger partial charge is 0.350 e. The Morgan fingerprint density at radius 1 is 1.35 bits per heavy atom. The first-order chi connectivity index (χ1) is 11.1. The summed E-state index contributed by atoms with van der Waals surface area (Å²) in [4.78, 5) is 28.4. The fourth-order valence-electron chi connectivity index (χ4n) is 1.92. The van der Waals surface area contributed by atoms with Crippen molar-refractivity contribution in [2.75, 3.05) is 13.7 Å². The van der Waals surface area contributed by atoms with Crippen LogP contribution in [-0.2, 0) is 14.3 Å². The predicted molar refractivity (Wildman–Crippen MR) is 83.9 cm³/mol. The summed E-state index contributed by atoms with van der Waals surface area (Å²) in [5, 5.41) is 9.83. The zero-order valence-corrected chi connectivity index (χ0v) is 13.4. The van der Waals surface area contributed by atoms with Gasteiger partial charge in [0.2, 0.25) is 0 Å². The van der Waals surface area contributed by atoms with Gasteiger partial charge in [-0.05, 0) is 6.92 Å². The monoisotopic (exact) mass is 330 g/mol. The van der Waals surface area contributed by atoms with E-state index in [0.717, 1.165) is 16.9 Å². The Labute approximate surface area is 137 Å². The van der Waals surface area contributed by atoms with Crippen LogP contribution in [0.4, 0.5) is 0 Å². The standard InChI is InChI=1S/C16H14N2O4S/c1-3-22-15(19)11(9-17)12-13(16(20)21-2)23-14(18-12)10-7-5-4-6-8-10/h4-8,11H,3H2,1-2H3. The van der Waals surface area contributed by atoms with Gasteiger partial charge in [0.25, 0.3) is 0 Å². The van der Waals surface area contributed by atoms with Crippen LogP contribution in [0.5, 0.6) is 0 Å². The molecule has 0 aliphatic rings. The number of nitrogens with zero attached hydrogens (tertiary/aromatic N) is 2. The Kier molecular flexibility index (Phi) is 5.44. The zero-order valence-electron chi connectivity index (χ0n) is 12.6. The van der Waals surface area contributed by atoms with Gasteiger partial charge in [-0.2, -0.15) is 5.26 Å². The van der Waals surface area contributed by atoms with Crippen LogP contribution >= 0.6 is 11.3 Å². The molecule has 0 spiro atoms. The van der Waals surface area contributed by atoms with Crippen molar-refractivity contribution >= 4 is 23.3 Å². The van der Waals surface area contributed by atoms with E-state index in [2.05, 4.69) is 4.98 Å². The van der Waals surface area contributed by atoms with Gasteiger partial charge < -0.3 is 9.47 Å². The van der Waals surface area contributed by atoms with Crippen molar-refractivity contribution in [3.63, 3.8) is 0 Å². The SMILES string of the molecule is CCOC(=O)C(C#N)c1nc(-c2ccccc2)sc1C(=O)OC. The first-order valence-corrected chi connectivity index (χ1v) is 7.64. The molecule has 2 rings (SSSR count). The summed E-state index contributed by atoms with van der Waals surface area (Å²) in [6, 6.07) is 11.0.